The summed E-state index contributed by atoms with van der Waals surface area (Å²) in [5.74, 6) is -0.240. The predicted octanol–water partition coefficient (Wildman–Crippen LogP) is 3.10. The Hall–Kier alpha value is -1.21. The number of aromatic nitrogens is 2. The quantitative estimate of drug-likeness (QED) is 0.851. The molecule has 0 radical (unpaired) electrons. The molecule has 0 fully saturated rings. The fraction of sp³-hybridized carbons (Fsp3) is 0.231. The van der Waals surface area contributed by atoms with Crippen molar-refractivity contribution >= 4 is 37.5 Å². The van der Waals surface area contributed by atoms with E-state index in [1.807, 2.05) is 0 Å². The van der Waals surface area contributed by atoms with Gasteiger partial charge in [0.05, 0.1) is 11.9 Å². The maximum Gasteiger partial charge on any atom is 0.282 e. The largest absolute Gasteiger partial charge is 0.382 e. The highest BCUT2D eigenvalue weighted by atomic mass is 79.9. The van der Waals surface area contributed by atoms with Gasteiger partial charge in [0.25, 0.3) is 5.56 Å². The molecular formula is C13H12Br2FN3O. The number of halogens is 3. The molecule has 0 saturated heterocycles. The number of rotatable bonds is 4. The Bertz CT molecular complexity index is 688. The molecule has 20 heavy (non-hydrogen) atoms. The number of benzene rings is 1. The van der Waals surface area contributed by atoms with Gasteiger partial charge in [0.15, 0.2) is 0 Å². The van der Waals surface area contributed by atoms with E-state index in [9.17, 15) is 9.18 Å². The Morgan fingerprint density at radius 3 is 2.90 bits per heavy atom. The van der Waals surface area contributed by atoms with Crippen molar-refractivity contribution in [3.63, 3.8) is 0 Å². The maximum atomic E-state index is 13.6. The molecule has 7 heteroatoms. The van der Waals surface area contributed by atoms with Crippen LogP contribution in [0.2, 0.25) is 0 Å². The summed E-state index contributed by atoms with van der Waals surface area (Å²) in [5.41, 5.74) is 0.993. The molecule has 1 heterocycles. The van der Waals surface area contributed by atoms with Crippen molar-refractivity contribution in [2.75, 3.05) is 11.9 Å². The van der Waals surface area contributed by atoms with E-state index in [-0.39, 0.29) is 11.4 Å². The van der Waals surface area contributed by atoms with E-state index in [0.29, 0.717) is 28.7 Å². The lowest BCUT2D eigenvalue weighted by atomic mass is 10.1. The molecule has 0 aliphatic carbocycles. The topological polar surface area (TPSA) is 46.9 Å². The minimum absolute atomic E-state index is 0.219. The summed E-state index contributed by atoms with van der Waals surface area (Å²) in [6, 6.07) is 4.83. The van der Waals surface area contributed by atoms with Gasteiger partial charge in [-0.3, -0.25) is 4.79 Å². The minimum Gasteiger partial charge on any atom is -0.382 e. The zero-order valence-electron chi connectivity index (χ0n) is 10.7. The van der Waals surface area contributed by atoms with Crippen LogP contribution in [0.3, 0.4) is 0 Å². The van der Waals surface area contributed by atoms with Crippen molar-refractivity contribution in [1.29, 1.82) is 0 Å². The molecule has 0 spiro atoms. The first kappa shape index (κ1) is 15.2. The van der Waals surface area contributed by atoms with Crippen LogP contribution in [0.25, 0.3) is 0 Å². The highest BCUT2D eigenvalue weighted by molar-refractivity contribution is 9.10. The predicted molar refractivity (Wildman–Crippen MR) is 83.5 cm³/mol. The third kappa shape index (κ3) is 3.46. The van der Waals surface area contributed by atoms with Crippen molar-refractivity contribution in [3.05, 3.63) is 55.1 Å². The standard InChI is InChI=1S/C13H12Br2FN3O/c1-19-13(20)12(15)11(7-18-19)17-5-4-8-6-9(14)2-3-10(8)16/h2-3,6-7,17H,4-5H2,1H3. The Kier molecular flexibility index (Phi) is 4.93. The summed E-state index contributed by atoms with van der Waals surface area (Å²) in [5, 5.41) is 7.00. The summed E-state index contributed by atoms with van der Waals surface area (Å²) in [6.07, 6.45) is 2.07. The number of anilines is 1. The zero-order valence-corrected chi connectivity index (χ0v) is 13.8. The van der Waals surface area contributed by atoms with Gasteiger partial charge in [-0.2, -0.15) is 5.10 Å². The van der Waals surface area contributed by atoms with Crippen LogP contribution in [0.4, 0.5) is 10.1 Å². The van der Waals surface area contributed by atoms with Gasteiger partial charge in [0.1, 0.15) is 10.3 Å². The van der Waals surface area contributed by atoms with Gasteiger partial charge in [-0.1, -0.05) is 15.9 Å². The van der Waals surface area contributed by atoms with Gasteiger partial charge in [-0.15, -0.1) is 0 Å². The van der Waals surface area contributed by atoms with Gasteiger partial charge in [-0.25, -0.2) is 9.07 Å². The average molecular weight is 405 g/mol. The summed E-state index contributed by atoms with van der Waals surface area (Å²) >= 11 is 6.54. The van der Waals surface area contributed by atoms with Gasteiger partial charge in [0.2, 0.25) is 0 Å². The van der Waals surface area contributed by atoms with E-state index in [1.54, 1.807) is 25.4 Å². The Labute approximate surface area is 132 Å². The lowest BCUT2D eigenvalue weighted by molar-refractivity contribution is 0.610. The molecule has 0 unspecified atom stereocenters. The maximum absolute atomic E-state index is 13.6. The second-order valence-corrected chi connectivity index (χ2v) is 5.92. The van der Waals surface area contributed by atoms with Crippen LogP contribution in [0.1, 0.15) is 5.56 Å². The number of nitrogens with zero attached hydrogens (tertiary/aromatic N) is 2. The van der Waals surface area contributed by atoms with Crippen LogP contribution in [0, 0.1) is 5.82 Å². The molecule has 0 saturated carbocycles. The molecule has 2 rings (SSSR count). The van der Waals surface area contributed by atoms with Crippen molar-refractivity contribution < 1.29 is 4.39 Å². The molecule has 0 aliphatic rings. The van der Waals surface area contributed by atoms with Crippen LogP contribution in [-0.4, -0.2) is 16.3 Å². The van der Waals surface area contributed by atoms with E-state index in [0.717, 1.165) is 4.47 Å². The SMILES string of the molecule is Cn1ncc(NCCc2cc(Br)ccc2F)c(Br)c1=O. The van der Waals surface area contributed by atoms with Crippen molar-refractivity contribution in [1.82, 2.24) is 9.78 Å². The second kappa shape index (κ2) is 6.49. The lowest BCUT2D eigenvalue weighted by Gasteiger charge is -2.09. The van der Waals surface area contributed by atoms with E-state index < -0.39 is 0 Å². The highest BCUT2D eigenvalue weighted by Gasteiger charge is 2.07. The Balaban J connectivity index is 2.05. The first-order valence-electron chi connectivity index (χ1n) is 5.88. The second-order valence-electron chi connectivity index (χ2n) is 4.21. The first-order valence-corrected chi connectivity index (χ1v) is 7.47. The Morgan fingerprint density at radius 2 is 2.15 bits per heavy atom. The zero-order chi connectivity index (χ0) is 14.7. The smallest absolute Gasteiger partial charge is 0.282 e. The normalized spacial score (nSPS) is 10.6. The van der Waals surface area contributed by atoms with E-state index in [2.05, 4.69) is 42.3 Å². The van der Waals surface area contributed by atoms with Crippen molar-refractivity contribution in [2.45, 2.75) is 6.42 Å². The molecule has 1 aromatic carbocycles. The third-order valence-corrected chi connectivity index (χ3v) is 4.06. The fourth-order valence-corrected chi connectivity index (χ4v) is 2.61. The van der Waals surface area contributed by atoms with E-state index in [1.165, 1.54) is 10.7 Å². The number of aryl methyl sites for hydroxylation is 1. The number of nitrogens with one attached hydrogen (secondary N) is 1. The fourth-order valence-electron chi connectivity index (χ4n) is 1.70. The molecule has 106 valence electrons. The summed E-state index contributed by atoms with van der Waals surface area (Å²) < 4.78 is 16.1. The minimum atomic E-state index is -0.240. The van der Waals surface area contributed by atoms with Gasteiger partial charge in [-0.05, 0) is 46.1 Å². The Morgan fingerprint density at radius 1 is 1.40 bits per heavy atom. The lowest BCUT2D eigenvalue weighted by Crippen LogP contribution is -2.21. The van der Waals surface area contributed by atoms with Crippen LogP contribution in [0.15, 0.2) is 38.1 Å². The number of hydrogen-bond donors (Lipinski definition) is 1. The van der Waals surface area contributed by atoms with Gasteiger partial charge < -0.3 is 5.32 Å². The van der Waals surface area contributed by atoms with Crippen LogP contribution >= 0.6 is 31.9 Å². The molecule has 0 bridgehead atoms. The molecular weight excluding hydrogens is 393 g/mol. The summed E-state index contributed by atoms with van der Waals surface area (Å²) in [7, 11) is 1.58. The molecule has 1 N–H and O–H groups in total. The molecule has 4 nitrogen and oxygen atoms in total. The highest BCUT2D eigenvalue weighted by Crippen LogP contribution is 2.18. The third-order valence-electron chi connectivity index (χ3n) is 2.80. The van der Waals surface area contributed by atoms with Gasteiger partial charge in [0, 0.05) is 18.1 Å². The average Bonchev–Trinajstić information content (AvgIpc) is 2.42. The van der Waals surface area contributed by atoms with Crippen LogP contribution < -0.4 is 10.9 Å². The van der Waals surface area contributed by atoms with E-state index in [4.69, 9.17) is 0 Å². The molecule has 0 aliphatic heterocycles. The summed E-state index contributed by atoms with van der Waals surface area (Å²) in [6.45, 7) is 0.501. The number of hydrogen-bond acceptors (Lipinski definition) is 3. The van der Waals surface area contributed by atoms with Crippen LogP contribution in [0.5, 0.6) is 0 Å². The summed E-state index contributed by atoms with van der Waals surface area (Å²) in [4.78, 5) is 11.7. The first-order chi connectivity index (χ1) is 9.49. The monoisotopic (exact) mass is 403 g/mol. The van der Waals surface area contributed by atoms with Crippen molar-refractivity contribution in [2.24, 2.45) is 7.05 Å². The van der Waals surface area contributed by atoms with Crippen molar-refractivity contribution in [3.8, 4) is 0 Å². The van der Waals surface area contributed by atoms with E-state index >= 15 is 0 Å². The van der Waals surface area contributed by atoms with Crippen LogP contribution in [-0.2, 0) is 13.5 Å². The molecule has 2 aromatic rings. The molecule has 0 atom stereocenters. The molecule has 0 amide bonds. The van der Waals surface area contributed by atoms with Gasteiger partial charge >= 0.3 is 0 Å². The molecule has 1 aromatic heterocycles.